The van der Waals surface area contributed by atoms with Crippen LogP contribution >= 0.6 is 11.6 Å². The molecular weight excluding hydrogens is 222 g/mol. The second-order valence-corrected chi connectivity index (χ2v) is 4.96. The van der Waals surface area contributed by atoms with Crippen molar-refractivity contribution in [2.75, 3.05) is 5.32 Å². The Balaban J connectivity index is 2.17. The van der Waals surface area contributed by atoms with E-state index in [1.54, 1.807) is 0 Å². The standard InChI is InChI=1S/C13H16ClNO/c1-8-6-9(2)12(11(14)7-8)15-13(16)10-4-3-5-10/h6-7,10H,3-5H2,1-2H3,(H,15,16). The van der Waals surface area contributed by atoms with Gasteiger partial charge in [0.2, 0.25) is 5.91 Å². The summed E-state index contributed by atoms with van der Waals surface area (Å²) < 4.78 is 0. The minimum Gasteiger partial charge on any atom is -0.324 e. The quantitative estimate of drug-likeness (QED) is 0.835. The predicted molar refractivity (Wildman–Crippen MR) is 66.9 cm³/mol. The van der Waals surface area contributed by atoms with E-state index in [0.29, 0.717) is 5.02 Å². The number of nitrogens with one attached hydrogen (secondary N) is 1. The molecule has 2 rings (SSSR count). The molecule has 1 fully saturated rings. The highest BCUT2D eigenvalue weighted by molar-refractivity contribution is 6.34. The van der Waals surface area contributed by atoms with Crippen LogP contribution in [-0.2, 0) is 4.79 Å². The lowest BCUT2D eigenvalue weighted by molar-refractivity contribution is -0.122. The summed E-state index contributed by atoms with van der Waals surface area (Å²) in [6.07, 6.45) is 3.18. The first-order chi connectivity index (χ1) is 7.58. The number of carbonyl (C=O) groups excluding carboxylic acids is 1. The molecule has 86 valence electrons. The first kappa shape index (κ1) is 11.5. The van der Waals surface area contributed by atoms with Crippen molar-refractivity contribution in [2.24, 2.45) is 5.92 Å². The van der Waals surface area contributed by atoms with E-state index in [9.17, 15) is 4.79 Å². The predicted octanol–water partition coefficient (Wildman–Crippen LogP) is 3.70. The second-order valence-electron chi connectivity index (χ2n) is 4.56. The van der Waals surface area contributed by atoms with E-state index in [-0.39, 0.29) is 11.8 Å². The van der Waals surface area contributed by atoms with Gasteiger partial charge in [0.05, 0.1) is 10.7 Å². The summed E-state index contributed by atoms with van der Waals surface area (Å²) in [6.45, 7) is 3.96. The lowest BCUT2D eigenvalue weighted by atomic mass is 9.85. The van der Waals surface area contributed by atoms with Crippen LogP contribution in [0.25, 0.3) is 0 Å². The van der Waals surface area contributed by atoms with Gasteiger partial charge in [0.25, 0.3) is 0 Å². The van der Waals surface area contributed by atoms with Crippen LogP contribution in [-0.4, -0.2) is 5.91 Å². The van der Waals surface area contributed by atoms with Gasteiger partial charge >= 0.3 is 0 Å². The van der Waals surface area contributed by atoms with E-state index >= 15 is 0 Å². The van der Waals surface area contributed by atoms with Gasteiger partial charge in [-0.25, -0.2) is 0 Å². The van der Waals surface area contributed by atoms with E-state index in [4.69, 9.17) is 11.6 Å². The van der Waals surface area contributed by atoms with Crippen molar-refractivity contribution in [1.82, 2.24) is 0 Å². The van der Waals surface area contributed by atoms with Crippen molar-refractivity contribution in [3.63, 3.8) is 0 Å². The molecular formula is C13H16ClNO. The molecule has 0 aliphatic heterocycles. The molecule has 0 atom stereocenters. The van der Waals surface area contributed by atoms with E-state index in [0.717, 1.165) is 29.7 Å². The monoisotopic (exact) mass is 237 g/mol. The molecule has 0 bridgehead atoms. The Kier molecular flexibility index (Phi) is 3.20. The van der Waals surface area contributed by atoms with Crippen molar-refractivity contribution in [2.45, 2.75) is 33.1 Å². The number of amides is 1. The summed E-state index contributed by atoms with van der Waals surface area (Å²) in [5.41, 5.74) is 2.91. The molecule has 0 heterocycles. The van der Waals surface area contributed by atoms with Crippen LogP contribution in [0.4, 0.5) is 5.69 Å². The third-order valence-electron chi connectivity index (χ3n) is 3.16. The van der Waals surface area contributed by atoms with Gasteiger partial charge in [-0.15, -0.1) is 0 Å². The van der Waals surface area contributed by atoms with Crippen molar-refractivity contribution in [3.8, 4) is 0 Å². The highest BCUT2D eigenvalue weighted by Gasteiger charge is 2.25. The molecule has 1 amide bonds. The number of halogens is 1. The van der Waals surface area contributed by atoms with Gasteiger partial charge in [-0.3, -0.25) is 4.79 Å². The molecule has 3 heteroatoms. The summed E-state index contributed by atoms with van der Waals surface area (Å²) >= 11 is 6.13. The molecule has 1 aromatic rings. The molecule has 1 N–H and O–H groups in total. The third kappa shape index (κ3) is 2.22. The third-order valence-corrected chi connectivity index (χ3v) is 3.45. The highest BCUT2D eigenvalue weighted by atomic mass is 35.5. The average Bonchev–Trinajstić information content (AvgIpc) is 2.08. The minimum atomic E-state index is 0.111. The minimum absolute atomic E-state index is 0.111. The highest BCUT2D eigenvalue weighted by Crippen LogP contribution is 2.31. The number of aryl methyl sites for hydroxylation is 2. The zero-order valence-electron chi connectivity index (χ0n) is 9.64. The molecule has 0 saturated heterocycles. The Hall–Kier alpha value is -1.02. The summed E-state index contributed by atoms with van der Waals surface area (Å²) in [4.78, 5) is 11.8. The van der Waals surface area contributed by atoms with E-state index in [1.807, 2.05) is 26.0 Å². The Morgan fingerprint density at radius 2 is 2.06 bits per heavy atom. The van der Waals surface area contributed by atoms with E-state index < -0.39 is 0 Å². The van der Waals surface area contributed by atoms with Crippen molar-refractivity contribution in [3.05, 3.63) is 28.3 Å². The summed E-state index contributed by atoms with van der Waals surface area (Å²) in [6, 6.07) is 3.91. The van der Waals surface area contributed by atoms with Gasteiger partial charge in [-0.1, -0.05) is 24.1 Å². The topological polar surface area (TPSA) is 29.1 Å². The average molecular weight is 238 g/mol. The van der Waals surface area contributed by atoms with Crippen LogP contribution in [0, 0.1) is 19.8 Å². The zero-order valence-corrected chi connectivity index (χ0v) is 10.4. The number of benzene rings is 1. The van der Waals surface area contributed by atoms with E-state index in [1.165, 1.54) is 6.42 Å². The van der Waals surface area contributed by atoms with Crippen LogP contribution in [0.1, 0.15) is 30.4 Å². The fourth-order valence-electron chi connectivity index (χ4n) is 1.97. The van der Waals surface area contributed by atoms with Crippen LogP contribution in [0.2, 0.25) is 5.02 Å². The first-order valence-electron chi connectivity index (χ1n) is 5.65. The molecule has 2 nitrogen and oxygen atoms in total. The van der Waals surface area contributed by atoms with Crippen molar-refractivity contribution in [1.29, 1.82) is 0 Å². The van der Waals surface area contributed by atoms with Crippen LogP contribution in [0.3, 0.4) is 0 Å². The first-order valence-corrected chi connectivity index (χ1v) is 6.03. The Bertz CT molecular complexity index is 401. The number of hydrogen-bond donors (Lipinski definition) is 1. The van der Waals surface area contributed by atoms with Gasteiger partial charge in [0.15, 0.2) is 0 Å². The maximum atomic E-state index is 11.8. The van der Waals surface area contributed by atoms with Gasteiger partial charge in [0.1, 0.15) is 0 Å². The maximum absolute atomic E-state index is 11.8. The van der Waals surface area contributed by atoms with Crippen LogP contribution in [0.15, 0.2) is 12.1 Å². The largest absolute Gasteiger partial charge is 0.324 e. The Morgan fingerprint density at radius 3 is 2.56 bits per heavy atom. The molecule has 0 unspecified atom stereocenters. The smallest absolute Gasteiger partial charge is 0.227 e. The molecule has 0 spiro atoms. The molecule has 1 aromatic carbocycles. The summed E-state index contributed by atoms with van der Waals surface area (Å²) in [5.74, 6) is 0.303. The Labute approximate surface area is 101 Å². The van der Waals surface area contributed by atoms with Gasteiger partial charge < -0.3 is 5.32 Å². The summed E-state index contributed by atoms with van der Waals surface area (Å²) in [5, 5.41) is 3.57. The fourth-order valence-corrected chi connectivity index (χ4v) is 2.34. The number of hydrogen-bond acceptors (Lipinski definition) is 1. The lowest BCUT2D eigenvalue weighted by Crippen LogP contribution is -2.28. The van der Waals surface area contributed by atoms with Gasteiger partial charge in [0, 0.05) is 5.92 Å². The summed E-state index contributed by atoms with van der Waals surface area (Å²) in [7, 11) is 0. The van der Waals surface area contributed by atoms with Crippen LogP contribution in [0.5, 0.6) is 0 Å². The normalized spacial score (nSPS) is 15.7. The van der Waals surface area contributed by atoms with Gasteiger partial charge in [-0.05, 0) is 43.9 Å². The van der Waals surface area contributed by atoms with Gasteiger partial charge in [-0.2, -0.15) is 0 Å². The maximum Gasteiger partial charge on any atom is 0.227 e. The van der Waals surface area contributed by atoms with E-state index in [2.05, 4.69) is 5.32 Å². The number of rotatable bonds is 2. The second kappa shape index (κ2) is 4.46. The fraction of sp³-hybridized carbons (Fsp3) is 0.462. The Morgan fingerprint density at radius 1 is 1.38 bits per heavy atom. The van der Waals surface area contributed by atoms with Crippen molar-refractivity contribution >= 4 is 23.2 Å². The SMILES string of the molecule is Cc1cc(C)c(NC(=O)C2CCC2)c(Cl)c1. The molecule has 1 saturated carbocycles. The lowest BCUT2D eigenvalue weighted by Gasteiger charge is -2.24. The number of carbonyl (C=O) groups is 1. The van der Waals surface area contributed by atoms with Crippen LogP contribution < -0.4 is 5.32 Å². The zero-order chi connectivity index (χ0) is 11.7. The molecule has 0 radical (unpaired) electrons. The molecule has 1 aliphatic carbocycles. The molecule has 16 heavy (non-hydrogen) atoms. The van der Waals surface area contributed by atoms with Crippen molar-refractivity contribution < 1.29 is 4.79 Å². The molecule has 1 aliphatic rings. The number of anilines is 1. The molecule has 0 aromatic heterocycles.